The number of piperidine rings is 2. The van der Waals surface area contributed by atoms with Gasteiger partial charge in [-0.1, -0.05) is 12.5 Å². The number of imide groups is 2. The molecule has 1 aromatic carbocycles. The van der Waals surface area contributed by atoms with Crippen LogP contribution >= 0.6 is 0 Å². The Bertz CT molecular complexity index is 971. The van der Waals surface area contributed by atoms with E-state index in [0.717, 1.165) is 30.1 Å². The maximum Gasteiger partial charge on any atom is 0.262 e. The molecule has 4 heterocycles. The van der Waals surface area contributed by atoms with Crippen LogP contribution in [0.25, 0.3) is 0 Å². The van der Waals surface area contributed by atoms with E-state index in [1.54, 1.807) is 6.07 Å². The van der Waals surface area contributed by atoms with E-state index in [-0.39, 0.29) is 18.7 Å². The van der Waals surface area contributed by atoms with Gasteiger partial charge in [-0.3, -0.25) is 34.3 Å². The lowest BCUT2D eigenvalue weighted by Gasteiger charge is -2.36. The Morgan fingerprint density at radius 3 is 2.55 bits per heavy atom. The van der Waals surface area contributed by atoms with Crippen LogP contribution in [0.1, 0.15) is 84.1 Å². The minimum Gasteiger partial charge on any atom is -0.314 e. The molecule has 176 valence electrons. The summed E-state index contributed by atoms with van der Waals surface area (Å²) >= 11 is 0. The molecular weight excluding hydrogens is 420 g/mol. The summed E-state index contributed by atoms with van der Waals surface area (Å²) in [5.74, 6) is -1.83. The van der Waals surface area contributed by atoms with Crippen molar-refractivity contribution in [1.29, 1.82) is 0 Å². The number of carbonyl (C=O) groups is 4. The van der Waals surface area contributed by atoms with E-state index in [1.807, 2.05) is 12.1 Å². The van der Waals surface area contributed by atoms with Gasteiger partial charge in [-0.15, -0.1) is 0 Å². The molecule has 33 heavy (non-hydrogen) atoms. The predicted molar refractivity (Wildman–Crippen MR) is 121 cm³/mol. The summed E-state index contributed by atoms with van der Waals surface area (Å²) in [6.45, 7) is 2.95. The molecule has 4 aliphatic rings. The number of benzene rings is 1. The van der Waals surface area contributed by atoms with E-state index in [4.69, 9.17) is 0 Å². The van der Waals surface area contributed by atoms with Crippen LogP contribution < -0.4 is 10.6 Å². The second-order valence-electron chi connectivity index (χ2n) is 9.82. The quantitative estimate of drug-likeness (QED) is 0.641. The third-order valence-corrected chi connectivity index (χ3v) is 7.65. The second kappa shape index (κ2) is 9.35. The van der Waals surface area contributed by atoms with Crippen LogP contribution in [0.15, 0.2) is 18.2 Å². The lowest BCUT2D eigenvalue weighted by molar-refractivity contribution is -0.136. The molecule has 8 nitrogen and oxygen atoms in total. The molecule has 8 heteroatoms. The summed E-state index contributed by atoms with van der Waals surface area (Å²) in [5.41, 5.74) is 1.73. The van der Waals surface area contributed by atoms with Crippen molar-refractivity contribution in [2.24, 2.45) is 0 Å². The van der Waals surface area contributed by atoms with Gasteiger partial charge in [-0.25, -0.2) is 0 Å². The molecule has 4 aliphatic heterocycles. The van der Waals surface area contributed by atoms with Gasteiger partial charge in [0.25, 0.3) is 11.8 Å². The highest BCUT2D eigenvalue weighted by atomic mass is 16.2. The van der Waals surface area contributed by atoms with Crippen molar-refractivity contribution < 1.29 is 19.2 Å². The fourth-order valence-electron chi connectivity index (χ4n) is 5.84. The molecule has 4 amide bonds. The van der Waals surface area contributed by atoms with Crippen LogP contribution in [-0.2, 0) is 16.1 Å². The number of hydrogen-bond donors (Lipinski definition) is 2. The molecule has 3 fully saturated rings. The molecule has 3 atom stereocenters. The van der Waals surface area contributed by atoms with Gasteiger partial charge < -0.3 is 5.32 Å². The van der Waals surface area contributed by atoms with Gasteiger partial charge in [0, 0.05) is 25.0 Å². The van der Waals surface area contributed by atoms with Crippen molar-refractivity contribution >= 4 is 23.6 Å². The average molecular weight is 453 g/mol. The van der Waals surface area contributed by atoms with Crippen LogP contribution in [0.3, 0.4) is 0 Å². The number of carbonyl (C=O) groups excluding carboxylic acids is 4. The molecule has 0 aromatic heterocycles. The SMILES string of the molecule is O=C1CCC(N2C(=O)c3ccc(CN4CCCCC4CC[C@@H]4CCCN4)cc3C2=O)C(=O)N1. The topological polar surface area (TPSA) is 98.8 Å². The fourth-order valence-corrected chi connectivity index (χ4v) is 5.84. The standard InChI is InChI=1S/C25H32N4O4/c30-22-11-10-21(23(31)27-22)29-24(32)19-9-6-16(14-20(19)25(29)33)15-28-13-2-1-5-18(28)8-7-17-4-3-12-26-17/h6,9,14,17-18,21,26H,1-5,7-8,10-13,15H2,(H,27,30,31)/t17-,18?,21?/m0/s1. The third kappa shape index (κ3) is 4.46. The van der Waals surface area contributed by atoms with E-state index < -0.39 is 23.8 Å². The Kier molecular flexibility index (Phi) is 6.29. The molecule has 1 aromatic rings. The first kappa shape index (κ1) is 22.2. The first-order valence-corrected chi connectivity index (χ1v) is 12.3. The van der Waals surface area contributed by atoms with Crippen LogP contribution in [0.2, 0.25) is 0 Å². The van der Waals surface area contributed by atoms with Crippen LogP contribution in [0.4, 0.5) is 0 Å². The van der Waals surface area contributed by atoms with Gasteiger partial charge in [0.15, 0.2) is 0 Å². The smallest absolute Gasteiger partial charge is 0.262 e. The highest BCUT2D eigenvalue weighted by Gasteiger charge is 2.44. The van der Waals surface area contributed by atoms with Gasteiger partial charge in [0.05, 0.1) is 11.1 Å². The van der Waals surface area contributed by atoms with Crippen molar-refractivity contribution in [2.75, 3.05) is 13.1 Å². The number of nitrogens with zero attached hydrogens (tertiary/aromatic N) is 2. The van der Waals surface area contributed by atoms with Crippen molar-refractivity contribution in [1.82, 2.24) is 20.4 Å². The number of rotatable bonds is 6. The largest absolute Gasteiger partial charge is 0.314 e. The minimum absolute atomic E-state index is 0.127. The summed E-state index contributed by atoms with van der Waals surface area (Å²) in [6.07, 6.45) is 8.90. The summed E-state index contributed by atoms with van der Waals surface area (Å²) in [7, 11) is 0. The molecule has 2 N–H and O–H groups in total. The predicted octanol–water partition coefficient (Wildman–Crippen LogP) is 1.97. The van der Waals surface area contributed by atoms with Crippen molar-refractivity contribution in [3.05, 3.63) is 34.9 Å². The van der Waals surface area contributed by atoms with Crippen LogP contribution in [-0.4, -0.2) is 64.6 Å². The highest BCUT2D eigenvalue weighted by Crippen LogP contribution is 2.30. The Hall–Kier alpha value is -2.58. The normalized spacial score (nSPS) is 28.4. The third-order valence-electron chi connectivity index (χ3n) is 7.65. The lowest BCUT2D eigenvalue weighted by atomic mass is 9.94. The minimum atomic E-state index is -0.922. The zero-order chi connectivity index (χ0) is 22.9. The average Bonchev–Trinajstić information content (AvgIpc) is 3.41. The molecule has 0 bridgehead atoms. The first-order valence-electron chi connectivity index (χ1n) is 12.3. The number of hydrogen-bond acceptors (Lipinski definition) is 6. The summed E-state index contributed by atoms with van der Waals surface area (Å²) in [6, 6.07) is 5.75. The van der Waals surface area contributed by atoms with Gasteiger partial charge in [-0.2, -0.15) is 0 Å². The maximum absolute atomic E-state index is 13.1. The number of amides is 4. The van der Waals surface area contributed by atoms with E-state index in [9.17, 15) is 19.2 Å². The second-order valence-corrected chi connectivity index (χ2v) is 9.82. The Morgan fingerprint density at radius 2 is 1.76 bits per heavy atom. The van der Waals surface area contributed by atoms with E-state index in [1.165, 1.54) is 44.9 Å². The van der Waals surface area contributed by atoms with Crippen LogP contribution in [0, 0.1) is 0 Å². The fraction of sp³-hybridized carbons (Fsp3) is 0.600. The Labute approximate surface area is 194 Å². The summed E-state index contributed by atoms with van der Waals surface area (Å²) in [4.78, 5) is 53.3. The van der Waals surface area contributed by atoms with E-state index in [0.29, 0.717) is 23.2 Å². The Balaban J connectivity index is 1.28. The van der Waals surface area contributed by atoms with Crippen molar-refractivity contribution in [3.63, 3.8) is 0 Å². The number of likely N-dealkylation sites (tertiary alicyclic amines) is 1. The summed E-state index contributed by atoms with van der Waals surface area (Å²) in [5, 5.41) is 5.84. The van der Waals surface area contributed by atoms with Gasteiger partial charge in [0.2, 0.25) is 11.8 Å². The molecule has 0 radical (unpaired) electrons. The van der Waals surface area contributed by atoms with E-state index >= 15 is 0 Å². The van der Waals surface area contributed by atoms with Crippen molar-refractivity contribution in [3.8, 4) is 0 Å². The monoisotopic (exact) mass is 452 g/mol. The van der Waals surface area contributed by atoms with Crippen LogP contribution in [0.5, 0.6) is 0 Å². The molecule has 0 aliphatic carbocycles. The Morgan fingerprint density at radius 1 is 0.909 bits per heavy atom. The van der Waals surface area contributed by atoms with Crippen molar-refractivity contribution in [2.45, 2.75) is 82.5 Å². The maximum atomic E-state index is 13.1. The lowest BCUT2D eigenvalue weighted by Crippen LogP contribution is -2.54. The molecule has 3 saturated heterocycles. The number of fused-ring (bicyclic) bond motifs is 1. The van der Waals surface area contributed by atoms with Gasteiger partial charge in [0.1, 0.15) is 6.04 Å². The number of nitrogens with one attached hydrogen (secondary N) is 2. The molecule has 0 spiro atoms. The van der Waals surface area contributed by atoms with E-state index in [2.05, 4.69) is 15.5 Å². The van der Waals surface area contributed by atoms with Gasteiger partial charge in [-0.05, 0) is 75.7 Å². The molecule has 0 saturated carbocycles. The zero-order valence-electron chi connectivity index (χ0n) is 19.0. The highest BCUT2D eigenvalue weighted by molar-refractivity contribution is 6.23. The van der Waals surface area contributed by atoms with Gasteiger partial charge >= 0.3 is 0 Å². The molecule has 2 unspecified atom stereocenters. The zero-order valence-corrected chi connectivity index (χ0v) is 19.0. The molecular formula is C25H32N4O4. The first-order chi connectivity index (χ1) is 16.0. The molecule has 5 rings (SSSR count). The summed E-state index contributed by atoms with van der Waals surface area (Å²) < 4.78 is 0.